The molecular formula is C12H14BrN3O. The van der Waals surface area contributed by atoms with Crippen LogP contribution >= 0.6 is 15.9 Å². The van der Waals surface area contributed by atoms with Gasteiger partial charge in [-0.2, -0.15) is 4.98 Å². The first-order valence-electron chi connectivity index (χ1n) is 5.58. The van der Waals surface area contributed by atoms with Gasteiger partial charge in [0.1, 0.15) is 0 Å². The van der Waals surface area contributed by atoms with Gasteiger partial charge in [-0.15, -0.1) is 0 Å². The van der Waals surface area contributed by atoms with E-state index >= 15 is 0 Å². The summed E-state index contributed by atoms with van der Waals surface area (Å²) >= 11 is 3.42. The molecule has 0 radical (unpaired) electrons. The number of unbranched alkanes of at least 4 members (excludes halogenated alkanes) is 1. The molecule has 0 bridgehead atoms. The van der Waals surface area contributed by atoms with Gasteiger partial charge < -0.3 is 10.3 Å². The van der Waals surface area contributed by atoms with Crippen LogP contribution in [0.25, 0.3) is 11.4 Å². The second-order valence-electron chi connectivity index (χ2n) is 3.77. The van der Waals surface area contributed by atoms with Gasteiger partial charge in [-0.05, 0) is 31.5 Å². The minimum absolute atomic E-state index is 0.633. The van der Waals surface area contributed by atoms with Crippen LogP contribution in [0.1, 0.15) is 18.7 Å². The largest absolute Gasteiger partial charge is 0.339 e. The SMILES string of the molecule is NCCCCc1nc(-c2cccc(Br)c2)no1. The number of halogens is 1. The maximum Gasteiger partial charge on any atom is 0.226 e. The van der Waals surface area contributed by atoms with Gasteiger partial charge in [-0.3, -0.25) is 0 Å². The predicted molar refractivity (Wildman–Crippen MR) is 69.4 cm³/mol. The zero-order valence-corrected chi connectivity index (χ0v) is 11.0. The van der Waals surface area contributed by atoms with Crippen molar-refractivity contribution in [3.05, 3.63) is 34.6 Å². The monoisotopic (exact) mass is 295 g/mol. The highest BCUT2D eigenvalue weighted by molar-refractivity contribution is 9.10. The molecular weight excluding hydrogens is 282 g/mol. The van der Waals surface area contributed by atoms with E-state index in [0.29, 0.717) is 18.3 Å². The van der Waals surface area contributed by atoms with Crippen molar-refractivity contribution in [1.29, 1.82) is 0 Å². The van der Waals surface area contributed by atoms with Gasteiger partial charge in [0.25, 0.3) is 0 Å². The molecule has 2 rings (SSSR count). The number of rotatable bonds is 5. The molecule has 0 aliphatic carbocycles. The highest BCUT2D eigenvalue weighted by atomic mass is 79.9. The van der Waals surface area contributed by atoms with Crippen LogP contribution in [-0.4, -0.2) is 16.7 Å². The number of aromatic nitrogens is 2. The van der Waals surface area contributed by atoms with E-state index in [0.717, 1.165) is 29.3 Å². The molecule has 0 aliphatic rings. The Hall–Kier alpha value is -1.20. The Morgan fingerprint density at radius 3 is 2.94 bits per heavy atom. The Balaban J connectivity index is 2.07. The van der Waals surface area contributed by atoms with Gasteiger partial charge in [-0.1, -0.05) is 33.2 Å². The van der Waals surface area contributed by atoms with E-state index in [4.69, 9.17) is 10.3 Å². The molecule has 0 fully saturated rings. The van der Waals surface area contributed by atoms with Crippen molar-refractivity contribution in [3.63, 3.8) is 0 Å². The topological polar surface area (TPSA) is 64.9 Å². The summed E-state index contributed by atoms with van der Waals surface area (Å²) in [5, 5.41) is 3.97. The molecule has 0 saturated carbocycles. The summed E-state index contributed by atoms with van der Waals surface area (Å²) in [6.45, 7) is 0.701. The Kier molecular flexibility index (Phi) is 4.28. The minimum Gasteiger partial charge on any atom is -0.339 e. The molecule has 0 amide bonds. The normalized spacial score (nSPS) is 10.7. The van der Waals surface area contributed by atoms with E-state index in [2.05, 4.69) is 26.1 Å². The van der Waals surface area contributed by atoms with Gasteiger partial charge in [0, 0.05) is 16.5 Å². The van der Waals surface area contributed by atoms with E-state index in [1.807, 2.05) is 24.3 Å². The molecule has 17 heavy (non-hydrogen) atoms. The first kappa shape index (κ1) is 12.3. The van der Waals surface area contributed by atoms with Gasteiger partial charge >= 0.3 is 0 Å². The van der Waals surface area contributed by atoms with Gasteiger partial charge in [0.15, 0.2) is 0 Å². The lowest BCUT2D eigenvalue weighted by atomic mass is 10.2. The third-order valence-electron chi connectivity index (χ3n) is 2.40. The van der Waals surface area contributed by atoms with Crippen LogP contribution in [0.4, 0.5) is 0 Å². The van der Waals surface area contributed by atoms with E-state index in [1.165, 1.54) is 0 Å². The van der Waals surface area contributed by atoms with Crippen molar-refractivity contribution in [2.45, 2.75) is 19.3 Å². The van der Waals surface area contributed by atoms with Crippen LogP contribution in [0.5, 0.6) is 0 Å². The second kappa shape index (κ2) is 5.93. The highest BCUT2D eigenvalue weighted by Gasteiger charge is 2.08. The zero-order chi connectivity index (χ0) is 12.1. The van der Waals surface area contributed by atoms with Crippen molar-refractivity contribution in [3.8, 4) is 11.4 Å². The summed E-state index contributed by atoms with van der Waals surface area (Å²) in [4.78, 5) is 4.35. The second-order valence-corrected chi connectivity index (χ2v) is 4.68. The van der Waals surface area contributed by atoms with Crippen LogP contribution in [0, 0.1) is 0 Å². The minimum atomic E-state index is 0.633. The lowest BCUT2D eigenvalue weighted by molar-refractivity contribution is 0.375. The standard InChI is InChI=1S/C12H14BrN3O/c13-10-5-3-4-9(8-10)12-15-11(17-16-12)6-1-2-7-14/h3-5,8H,1-2,6-7,14H2. The van der Waals surface area contributed by atoms with E-state index in [1.54, 1.807) is 0 Å². The quantitative estimate of drug-likeness (QED) is 0.862. The summed E-state index contributed by atoms with van der Waals surface area (Å²) in [6, 6.07) is 7.84. The lowest BCUT2D eigenvalue weighted by Gasteiger charge is -1.94. The van der Waals surface area contributed by atoms with Gasteiger partial charge in [0.05, 0.1) is 0 Å². The number of aryl methyl sites for hydroxylation is 1. The van der Waals surface area contributed by atoms with Crippen molar-refractivity contribution in [1.82, 2.24) is 10.1 Å². The van der Waals surface area contributed by atoms with Gasteiger partial charge in [-0.25, -0.2) is 0 Å². The zero-order valence-electron chi connectivity index (χ0n) is 9.40. The molecule has 0 spiro atoms. The Morgan fingerprint density at radius 2 is 2.18 bits per heavy atom. The maximum absolute atomic E-state index is 5.43. The first-order chi connectivity index (χ1) is 8.29. The summed E-state index contributed by atoms with van der Waals surface area (Å²) in [7, 11) is 0. The van der Waals surface area contributed by atoms with E-state index in [9.17, 15) is 0 Å². The molecule has 1 aromatic carbocycles. The summed E-state index contributed by atoms with van der Waals surface area (Å²) in [5.74, 6) is 1.31. The Labute approximate surface area is 108 Å². The molecule has 0 atom stereocenters. The first-order valence-corrected chi connectivity index (χ1v) is 6.37. The fourth-order valence-corrected chi connectivity index (χ4v) is 1.92. The van der Waals surface area contributed by atoms with Gasteiger partial charge in [0.2, 0.25) is 11.7 Å². The highest BCUT2D eigenvalue weighted by Crippen LogP contribution is 2.20. The summed E-state index contributed by atoms with van der Waals surface area (Å²) in [5.41, 5.74) is 6.39. The number of benzene rings is 1. The number of nitrogens with two attached hydrogens (primary N) is 1. The maximum atomic E-state index is 5.43. The fourth-order valence-electron chi connectivity index (χ4n) is 1.52. The molecule has 2 N–H and O–H groups in total. The van der Waals surface area contributed by atoms with Crippen LogP contribution in [-0.2, 0) is 6.42 Å². The lowest BCUT2D eigenvalue weighted by Crippen LogP contribution is -1.99. The van der Waals surface area contributed by atoms with Crippen LogP contribution < -0.4 is 5.73 Å². The fraction of sp³-hybridized carbons (Fsp3) is 0.333. The van der Waals surface area contributed by atoms with Crippen LogP contribution in [0.2, 0.25) is 0 Å². The van der Waals surface area contributed by atoms with E-state index in [-0.39, 0.29) is 0 Å². The molecule has 1 heterocycles. The molecule has 0 aliphatic heterocycles. The number of nitrogens with zero attached hydrogens (tertiary/aromatic N) is 2. The molecule has 2 aromatic rings. The Bertz CT molecular complexity index is 484. The van der Waals surface area contributed by atoms with Crippen molar-refractivity contribution < 1.29 is 4.52 Å². The molecule has 1 aromatic heterocycles. The molecule has 0 unspecified atom stereocenters. The summed E-state index contributed by atoms with van der Waals surface area (Å²) in [6.07, 6.45) is 2.75. The molecule has 0 saturated heterocycles. The average molecular weight is 296 g/mol. The molecule has 4 nitrogen and oxygen atoms in total. The Morgan fingerprint density at radius 1 is 1.29 bits per heavy atom. The smallest absolute Gasteiger partial charge is 0.226 e. The molecule has 5 heteroatoms. The predicted octanol–water partition coefficient (Wildman–Crippen LogP) is 2.78. The van der Waals surface area contributed by atoms with Crippen LogP contribution in [0.15, 0.2) is 33.3 Å². The van der Waals surface area contributed by atoms with Crippen molar-refractivity contribution >= 4 is 15.9 Å². The van der Waals surface area contributed by atoms with E-state index < -0.39 is 0 Å². The third-order valence-corrected chi connectivity index (χ3v) is 2.89. The van der Waals surface area contributed by atoms with Crippen LogP contribution in [0.3, 0.4) is 0 Å². The number of hydrogen-bond acceptors (Lipinski definition) is 4. The summed E-state index contributed by atoms with van der Waals surface area (Å²) < 4.78 is 6.19. The third kappa shape index (κ3) is 3.38. The molecule has 90 valence electrons. The van der Waals surface area contributed by atoms with Crippen molar-refractivity contribution in [2.24, 2.45) is 5.73 Å². The number of hydrogen-bond donors (Lipinski definition) is 1. The average Bonchev–Trinajstić information content (AvgIpc) is 2.78. The van der Waals surface area contributed by atoms with Crippen molar-refractivity contribution in [2.75, 3.05) is 6.54 Å².